The maximum atomic E-state index is 10.8. The molecule has 2 atom stereocenters. The Morgan fingerprint density at radius 1 is 1.14 bits per heavy atom. The molecule has 10 heteroatoms. The summed E-state index contributed by atoms with van der Waals surface area (Å²) in [5, 5.41) is 23.3. The van der Waals surface area contributed by atoms with Gasteiger partial charge in [0.05, 0.1) is 36.7 Å². The van der Waals surface area contributed by atoms with E-state index in [-0.39, 0.29) is 0 Å². The smallest absolute Gasteiger partial charge is 0.168 e. The summed E-state index contributed by atoms with van der Waals surface area (Å²) in [4.78, 5) is 8.51. The second-order valence-electron chi connectivity index (χ2n) is 10.7. The van der Waals surface area contributed by atoms with Gasteiger partial charge in [-0.3, -0.25) is 4.68 Å². The van der Waals surface area contributed by atoms with Gasteiger partial charge < -0.3 is 19.9 Å². The lowest BCUT2D eigenvalue weighted by molar-refractivity contribution is 0.0784. The molecule has 2 aliphatic carbocycles. The van der Waals surface area contributed by atoms with Crippen LogP contribution in [0.5, 0.6) is 11.5 Å². The zero-order chi connectivity index (χ0) is 25.1. The fraction of sp³-hybridized carbons (Fsp3) is 0.407. The van der Waals surface area contributed by atoms with Gasteiger partial charge in [-0.05, 0) is 62.8 Å². The van der Waals surface area contributed by atoms with Gasteiger partial charge in [0.2, 0.25) is 0 Å². The van der Waals surface area contributed by atoms with Crippen LogP contribution in [-0.4, -0.2) is 47.8 Å². The number of nitrogens with zero attached hydrogens (tertiary/aromatic N) is 6. The number of rotatable bonds is 8. The quantitative estimate of drug-likeness (QED) is 0.369. The average Bonchev–Trinajstić information content (AvgIpc) is 3.60. The van der Waals surface area contributed by atoms with Gasteiger partial charge in [-0.25, -0.2) is 14.6 Å². The third kappa shape index (κ3) is 4.25. The zero-order valence-electron chi connectivity index (χ0n) is 20.8. The van der Waals surface area contributed by atoms with Crippen molar-refractivity contribution in [1.82, 2.24) is 29.5 Å². The van der Waals surface area contributed by atoms with E-state index < -0.39 is 5.60 Å². The van der Waals surface area contributed by atoms with E-state index in [0.29, 0.717) is 40.9 Å². The molecule has 10 nitrogen and oxygen atoms in total. The molecule has 2 N–H and O–H groups in total. The highest BCUT2D eigenvalue weighted by Crippen LogP contribution is 2.59. The molecule has 3 aliphatic rings. The molecule has 3 aromatic heterocycles. The van der Waals surface area contributed by atoms with Crippen molar-refractivity contribution in [3.05, 3.63) is 66.6 Å². The molecular weight excluding hydrogens is 470 g/mol. The van der Waals surface area contributed by atoms with Gasteiger partial charge in [0, 0.05) is 29.4 Å². The molecule has 0 spiro atoms. The Morgan fingerprint density at radius 2 is 1.97 bits per heavy atom. The van der Waals surface area contributed by atoms with Gasteiger partial charge in [-0.2, -0.15) is 10.2 Å². The third-order valence-corrected chi connectivity index (χ3v) is 7.47. The van der Waals surface area contributed by atoms with Gasteiger partial charge in [-0.1, -0.05) is 0 Å². The fourth-order valence-electron chi connectivity index (χ4n) is 5.32. The lowest BCUT2D eigenvalue weighted by Gasteiger charge is -2.22. The van der Waals surface area contributed by atoms with Gasteiger partial charge in [0.25, 0.3) is 0 Å². The number of fused-ring (bicyclic) bond motifs is 1. The molecule has 7 rings (SSSR count). The predicted octanol–water partition coefficient (Wildman–Crippen LogP) is 4.32. The lowest BCUT2D eigenvalue weighted by atomic mass is 9.96. The maximum Gasteiger partial charge on any atom is 0.168 e. The number of aliphatic hydroxyl groups is 1. The monoisotopic (exact) mass is 499 g/mol. The SMILES string of the molecule is CC(C)(O)c1cc(Nc2cc(Oc3cn(C4CC4)nc3C3C4COCC43)ccn2)ccc1-n1cncn1. The van der Waals surface area contributed by atoms with Crippen LogP contribution in [0.25, 0.3) is 5.69 Å². The Bertz CT molecular complexity index is 1430. The standard InChI is InChI=1S/C27H29N7O3/c1-27(2,35)21-9-16(3-6-22(21)34-15-28-14-30-34)31-24-10-18(7-8-29-24)37-23-11-33(17-4-5-17)32-26(23)25-19-12-36-13-20(19)25/h3,6-11,14-15,17,19-20,25,35H,4-5,12-13H2,1-2H3,(H,29,31). The summed E-state index contributed by atoms with van der Waals surface area (Å²) in [5.74, 6) is 3.70. The van der Waals surface area contributed by atoms with Crippen molar-refractivity contribution in [2.45, 2.75) is 44.2 Å². The summed E-state index contributed by atoms with van der Waals surface area (Å²) in [6, 6.07) is 9.96. The topological polar surface area (TPSA) is 112 Å². The van der Waals surface area contributed by atoms with Crippen LogP contribution in [0.15, 0.2) is 55.4 Å². The van der Waals surface area contributed by atoms with Crippen LogP contribution in [0.1, 0.15) is 49.9 Å². The molecule has 0 bridgehead atoms. The van der Waals surface area contributed by atoms with Crippen molar-refractivity contribution in [2.24, 2.45) is 11.8 Å². The Hall–Kier alpha value is -3.76. The molecular formula is C27H29N7O3. The van der Waals surface area contributed by atoms with Crippen molar-refractivity contribution < 1.29 is 14.6 Å². The Kier molecular flexibility index (Phi) is 5.09. The number of hydrogen-bond acceptors (Lipinski definition) is 8. The molecule has 4 heterocycles. The summed E-state index contributed by atoms with van der Waals surface area (Å²) < 4.78 is 15.7. The molecule has 2 saturated carbocycles. The summed E-state index contributed by atoms with van der Waals surface area (Å²) in [5.41, 5.74) is 2.23. The van der Waals surface area contributed by atoms with Crippen molar-refractivity contribution >= 4 is 11.5 Å². The van der Waals surface area contributed by atoms with E-state index in [1.165, 1.54) is 19.2 Å². The molecule has 0 radical (unpaired) electrons. The first-order valence-corrected chi connectivity index (χ1v) is 12.7. The first-order chi connectivity index (χ1) is 17.9. The Balaban J connectivity index is 1.14. The minimum absolute atomic E-state index is 0.423. The second kappa shape index (κ2) is 8.39. The number of ether oxygens (including phenoxy) is 2. The summed E-state index contributed by atoms with van der Waals surface area (Å²) in [6.45, 7) is 5.13. The van der Waals surface area contributed by atoms with Crippen molar-refractivity contribution in [3.8, 4) is 17.2 Å². The van der Waals surface area contributed by atoms with Crippen LogP contribution in [0.2, 0.25) is 0 Å². The largest absolute Gasteiger partial charge is 0.454 e. The number of benzene rings is 1. The predicted molar refractivity (Wildman–Crippen MR) is 135 cm³/mol. The van der Waals surface area contributed by atoms with Gasteiger partial charge >= 0.3 is 0 Å². The fourth-order valence-corrected chi connectivity index (χ4v) is 5.32. The van der Waals surface area contributed by atoms with E-state index >= 15 is 0 Å². The number of anilines is 2. The molecule has 1 saturated heterocycles. The number of nitrogens with one attached hydrogen (secondary N) is 1. The molecule has 1 aromatic carbocycles. The number of pyridine rings is 1. The van der Waals surface area contributed by atoms with Crippen molar-refractivity contribution in [3.63, 3.8) is 0 Å². The Morgan fingerprint density at radius 3 is 2.70 bits per heavy atom. The van der Waals surface area contributed by atoms with Crippen LogP contribution in [-0.2, 0) is 10.3 Å². The van der Waals surface area contributed by atoms with Crippen LogP contribution >= 0.6 is 0 Å². The first-order valence-electron chi connectivity index (χ1n) is 12.7. The number of aromatic nitrogens is 6. The normalized spacial score (nSPS) is 22.6. The van der Waals surface area contributed by atoms with Gasteiger partial charge in [0.15, 0.2) is 5.75 Å². The highest BCUT2D eigenvalue weighted by molar-refractivity contribution is 5.62. The average molecular weight is 500 g/mol. The highest BCUT2D eigenvalue weighted by Gasteiger charge is 2.57. The lowest BCUT2D eigenvalue weighted by Crippen LogP contribution is -2.19. The molecule has 37 heavy (non-hydrogen) atoms. The van der Waals surface area contributed by atoms with E-state index in [9.17, 15) is 5.11 Å². The molecule has 4 aromatic rings. The van der Waals surface area contributed by atoms with Crippen molar-refractivity contribution in [1.29, 1.82) is 0 Å². The number of hydrogen-bond donors (Lipinski definition) is 2. The van der Waals surface area contributed by atoms with E-state index in [1.807, 2.05) is 36.5 Å². The van der Waals surface area contributed by atoms with Crippen LogP contribution in [0, 0.1) is 11.8 Å². The van der Waals surface area contributed by atoms with E-state index in [4.69, 9.17) is 14.6 Å². The minimum atomic E-state index is -1.08. The van der Waals surface area contributed by atoms with Gasteiger partial charge in [-0.15, -0.1) is 0 Å². The van der Waals surface area contributed by atoms with Crippen LogP contribution in [0.4, 0.5) is 11.5 Å². The first kappa shape index (κ1) is 22.4. The maximum absolute atomic E-state index is 10.8. The molecule has 1 aliphatic heterocycles. The molecule has 0 amide bonds. The highest BCUT2D eigenvalue weighted by atomic mass is 16.5. The van der Waals surface area contributed by atoms with Crippen molar-refractivity contribution in [2.75, 3.05) is 18.5 Å². The Labute approximate surface area is 214 Å². The van der Waals surface area contributed by atoms with E-state index in [1.54, 1.807) is 31.1 Å². The zero-order valence-corrected chi connectivity index (χ0v) is 20.8. The van der Waals surface area contributed by atoms with Crippen LogP contribution in [0.3, 0.4) is 0 Å². The third-order valence-electron chi connectivity index (χ3n) is 7.47. The molecule has 2 unspecified atom stereocenters. The van der Waals surface area contributed by atoms with E-state index in [2.05, 4.69) is 25.1 Å². The second-order valence-corrected chi connectivity index (χ2v) is 10.7. The van der Waals surface area contributed by atoms with Gasteiger partial charge in [0.1, 0.15) is 29.9 Å². The van der Waals surface area contributed by atoms with E-state index in [0.717, 1.165) is 36.0 Å². The summed E-state index contributed by atoms with van der Waals surface area (Å²) >= 11 is 0. The molecule has 3 fully saturated rings. The minimum Gasteiger partial charge on any atom is -0.454 e. The van der Waals surface area contributed by atoms with Crippen LogP contribution < -0.4 is 10.1 Å². The summed E-state index contributed by atoms with van der Waals surface area (Å²) in [7, 11) is 0. The molecule has 190 valence electrons. The summed E-state index contributed by atoms with van der Waals surface area (Å²) in [6.07, 6.45) is 9.21.